The molecule has 1 aliphatic heterocycles. The number of rotatable bonds is 7. The van der Waals surface area contributed by atoms with Crippen LogP contribution < -0.4 is 27.4 Å². The Labute approximate surface area is 193 Å². The number of benzene rings is 1. The molecule has 1 unspecified atom stereocenters. The standard InChI is InChI=1S/C21H26F3N7O3/c22-21(23,24)13-3-1-12(2-4-13)14(5-10-32)30-19(34)20(27)6-8-31(9-7-20)18-15(17(26)33)16(25)28-11-29-18/h1-4,11,14,32H,5-10,27H2,(H2,26,33)(H,30,34)(H2,25,28,29). The largest absolute Gasteiger partial charge is 0.416 e. The number of nitrogens with one attached hydrogen (secondary N) is 1. The second-order valence-corrected chi connectivity index (χ2v) is 8.12. The Bertz CT molecular complexity index is 1040. The summed E-state index contributed by atoms with van der Waals surface area (Å²) in [7, 11) is 0. The number of piperidine rings is 1. The molecule has 1 saturated heterocycles. The maximum absolute atomic E-state index is 13.0. The lowest BCUT2D eigenvalue weighted by molar-refractivity contribution is -0.137. The van der Waals surface area contributed by atoms with Crippen LogP contribution in [0.5, 0.6) is 0 Å². The highest BCUT2D eigenvalue weighted by Gasteiger charge is 2.40. The zero-order valence-electron chi connectivity index (χ0n) is 18.2. The number of aromatic nitrogens is 2. The molecule has 1 fully saturated rings. The lowest BCUT2D eigenvalue weighted by atomic mass is 9.86. The number of aliphatic hydroxyl groups excluding tert-OH is 1. The summed E-state index contributed by atoms with van der Waals surface area (Å²) < 4.78 is 38.5. The Balaban J connectivity index is 1.71. The van der Waals surface area contributed by atoms with E-state index in [9.17, 15) is 27.9 Å². The fourth-order valence-corrected chi connectivity index (χ4v) is 3.87. The maximum atomic E-state index is 13.0. The van der Waals surface area contributed by atoms with E-state index in [2.05, 4.69) is 15.3 Å². The highest BCUT2D eigenvalue weighted by atomic mass is 19.4. The Hall–Kier alpha value is -3.45. The van der Waals surface area contributed by atoms with Gasteiger partial charge < -0.3 is 32.5 Å². The average molecular weight is 481 g/mol. The van der Waals surface area contributed by atoms with E-state index in [1.807, 2.05) is 0 Å². The molecule has 1 aromatic heterocycles. The third-order valence-corrected chi connectivity index (χ3v) is 5.87. The predicted molar refractivity (Wildman–Crippen MR) is 117 cm³/mol. The monoisotopic (exact) mass is 481 g/mol. The number of anilines is 2. The van der Waals surface area contributed by atoms with E-state index in [1.54, 1.807) is 4.90 Å². The van der Waals surface area contributed by atoms with Crippen LogP contribution in [0.2, 0.25) is 0 Å². The molecule has 1 aliphatic rings. The molecular formula is C21H26F3N7O3. The molecule has 0 saturated carbocycles. The average Bonchev–Trinajstić information content (AvgIpc) is 2.78. The molecule has 10 nitrogen and oxygen atoms in total. The number of hydrogen-bond acceptors (Lipinski definition) is 8. The molecule has 0 radical (unpaired) electrons. The van der Waals surface area contributed by atoms with Crippen molar-refractivity contribution in [1.29, 1.82) is 0 Å². The second-order valence-electron chi connectivity index (χ2n) is 8.12. The molecule has 0 spiro atoms. The highest BCUT2D eigenvalue weighted by molar-refractivity contribution is 6.02. The first-order valence-electron chi connectivity index (χ1n) is 10.5. The van der Waals surface area contributed by atoms with Crippen molar-refractivity contribution in [3.63, 3.8) is 0 Å². The lowest BCUT2D eigenvalue weighted by Gasteiger charge is -2.39. The van der Waals surface area contributed by atoms with Gasteiger partial charge in [0.05, 0.1) is 17.1 Å². The highest BCUT2D eigenvalue weighted by Crippen LogP contribution is 2.31. The number of halogens is 3. The number of aliphatic hydroxyl groups is 1. The van der Waals surface area contributed by atoms with Crippen molar-refractivity contribution in [1.82, 2.24) is 15.3 Å². The molecule has 2 heterocycles. The number of nitrogens with two attached hydrogens (primary N) is 3. The number of carbonyl (C=O) groups excluding carboxylic acids is 2. The molecule has 8 N–H and O–H groups in total. The van der Waals surface area contributed by atoms with Gasteiger partial charge in [0.15, 0.2) is 0 Å². The minimum absolute atomic E-state index is 0.0122. The number of nitrogens with zero attached hydrogens (tertiary/aromatic N) is 3. The zero-order valence-corrected chi connectivity index (χ0v) is 18.2. The molecule has 13 heteroatoms. The zero-order chi connectivity index (χ0) is 25.1. The van der Waals surface area contributed by atoms with Gasteiger partial charge in [0.2, 0.25) is 5.91 Å². The van der Waals surface area contributed by atoms with Crippen LogP contribution in [0.3, 0.4) is 0 Å². The molecule has 3 rings (SSSR count). The Kier molecular flexibility index (Phi) is 7.26. The molecule has 1 aromatic carbocycles. The third kappa shape index (κ3) is 5.37. The maximum Gasteiger partial charge on any atom is 0.416 e. The molecule has 0 aliphatic carbocycles. The van der Waals surface area contributed by atoms with Crippen LogP contribution in [0.25, 0.3) is 0 Å². The van der Waals surface area contributed by atoms with Gasteiger partial charge in [-0.3, -0.25) is 9.59 Å². The number of primary amides is 1. The molecule has 184 valence electrons. The van der Waals surface area contributed by atoms with E-state index in [-0.39, 0.29) is 56.2 Å². The van der Waals surface area contributed by atoms with Crippen molar-refractivity contribution < 1.29 is 27.9 Å². The summed E-state index contributed by atoms with van der Waals surface area (Å²) in [5, 5.41) is 12.1. The molecule has 2 amide bonds. The summed E-state index contributed by atoms with van der Waals surface area (Å²) in [5.74, 6) is -1.07. The summed E-state index contributed by atoms with van der Waals surface area (Å²) in [4.78, 5) is 34.4. The quantitative estimate of drug-likeness (QED) is 0.384. The first-order valence-corrected chi connectivity index (χ1v) is 10.5. The van der Waals surface area contributed by atoms with E-state index in [1.165, 1.54) is 18.5 Å². The van der Waals surface area contributed by atoms with Crippen LogP contribution in [-0.4, -0.2) is 52.1 Å². The smallest absolute Gasteiger partial charge is 0.396 e. The van der Waals surface area contributed by atoms with Gasteiger partial charge in [-0.15, -0.1) is 0 Å². The van der Waals surface area contributed by atoms with Crippen molar-refractivity contribution in [3.8, 4) is 0 Å². The fourth-order valence-electron chi connectivity index (χ4n) is 3.87. The topological polar surface area (TPSA) is 173 Å². The van der Waals surface area contributed by atoms with Crippen molar-refractivity contribution in [3.05, 3.63) is 47.3 Å². The van der Waals surface area contributed by atoms with Gasteiger partial charge in [-0.05, 0) is 37.0 Å². The minimum atomic E-state index is -4.48. The third-order valence-electron chi connectivity index (χ3n) is 5.87. The first-order chi connectivity index (χ1) is 16.0. The van der Waals surface area contributed by atoms with Crippen LogP contribution in [-0.2, 0) is 11.0 Å². The minimum Gasteiger partial charge on any atom is -0.396 e. The number of amides is 2. The Morgan fingerprint density at radius 3 is 2.32 bits per heavy atom. The number of nitrogen functional groups attached to an aromatic ring is 1. The predicted octanol–water partition coefficient (Wildman–Crippen LogP) is 0.714. The van der Waals surface area contributed by atoms with Gasteiger partial charge in [0.1, 0.15) is 23.5 Å². The lowest BCUT2D eigenvalue weighted by Crippen LogP contribution is -2.60. The molecule has 1 atom stereocenters. The summed E-state index contributed by atoms with van der Waals surface area (Å²) in [6.45, 7) is 0.250. The van der Waals surface area contributed by atoms with E-state index >= 15 is 0 Å². The van der Waals surface area contributed by atoms with Crippen LogP contribution in [0.1, 0.15) is 46.8 Å². The summed E-state index contributed by atoms with van der Waals surface area (Å²) in [6, 6.07) is 3.65. The SMILES string of the molecule is NC(=O)c1c(N)ncnc1N1CCC(N)(C(=O)NC(CCO)c2ccc(C(F)(F)F)cc2)CC1. The molecule has 0 bridgehead atoms. The van der Waals surface area contributed by atoms with Crippen molar-refractivity contribution >= 4 is 23.5 Å². The van der Waals surface area contributed by atoms with Gasteiger partial charge >= 0.3 is 6.18 Å². The summed E-state index contributed by atoms with van der Waals surface area (Å²) in [5.41, 5.74) is 15.8. The van der Waals surface area contributed by atoms with Gasteiger partial charge in [0.25, 0.3) is 5.91 Å². The van der Waals surface area contributed by atoms with Crippen LogP contribution >= 0.6 is 0 Å². The van der Waals surface area contributed by atoms with Crippen molar-refractivity contribution in [2.75, 3.05) is 30.3 Å². The summed E-state index contributed by atoms with van der Waals surface area (Å²) >= 11 is 0. The molecule has 2 aromatic rings. The van der Waals surface area contributed by atoms with E-state index in [0.717, 1.165) is 12.1 Å². The molecular weight excluding hydrogens is 455 g/mol. The van der Waals surface area contributed by atoms with E-state index < -0.39 is 35.1 Å². The van der Waals surface area contributed by atoms with Gasteiger partial charge in [0, 0.05) is 19.7 Å². The van der Waals surface area contributed by atoms with Gasteiger partial charge in [-0.25, -0.2) is 9.97 Å². The van der Waals surface area contributed by atoms with Crippen molar-refractivity contribution in [2.24, 2.45) is 11.5 Å². The van der Waals surface area contributed by atoms with E-state index in [0.29, 0.717) is 5.56 Å². The van der Waals surface area contributed by atoms with Gasteiger partial charge in [-0.2, -0.15) is 13.2 Å². The van der Waals surface area contributed by atoms with E-state index in [4.69, 9.17) is 17.2 Å². The Morgan fingerprint density at radius 2 is 1.79 bits per heavy atom. The first kappa shape index (κ1) is 25.2. The van der Waals surface area contributed by atoms with Crippen LogP contribution in [0.15, 0.2) is 30.6 Å². The summed E-state index contributed by atoms with van der Waals surface area (Å²) in [6.07, 6.45) is -2.79. The van der Waals surface area contributed by atoms with Crippen LogP contribution in [0, 0.1) is 0 Å². The number of hydrogen-bond donors (Lipinski definition) is 5. The number of alkyl halides is 3. The van der Waals surface area contributed by atoms with Crippen LogP contribution in [0.4, 0.5) is 24.8 Å². The Morgan fingerprint density at radius 1 is 1.18 bits per heavy atom. The fraction of sp³-hybridized carbons (Fsp3) is 0.429. The van der Waals surface area contributed by atoms with Gasteiger partial charge in [-0.1, -0.05) is 12.1 Å². The van der Waals surface area contributed by atoms with Crippen molar-refractivity contribution in [2.45, 2.75) is 37.0 Å². The molecule has 34 heavy (non-hydrogen) atoms. The number of carbonyl (C=O) groups is 2. The second kappa shape index (κ2) is 9.81. The normalized spacial score (nSPS) is 16.7.